The lowest BCUT2D eigenvalue weighted by molar-refractivity contribution is -0.120. The van der Waals surface area contributed by atoms with E-state index in [2.05, 4.69) is 5.32 Å². The zero-order chi connectivity index (χ0) is 13.4. The van der Waals surface area contributed by atoms with Gasteiger partial charge in [0.1, 0.15) is 0 Å². The Labute approximate surface area is 112 Å². The van der Waals surface area contributed by atoms with Crippen molar-refractivity contribution in [2.75, 3.05) is 26.6 Å². The van der Waals surface area contributed by atoms with Gasteiger partial charge in [-0.2, -0.15) is 0 Å². The summed E-state index contributed by atoms with van der Waals surface area (Å²) in [6, 6.07) is 5.65. The summed E-state index contributed by atoms with van der Waals surface area (Å²) in [5, 5.41) is 2.73. The predicted molar refractivity (Wildman–Crippen MR) is 71.6 cm³/mol. The highest BCUT2D eigenvalue weighted by atomic mass is 35.5. The molecule has 1 aromatic rings. The molecule has 1 rings (SSSR count). The summed E-state index contributed by atoms with van der Waals surface area (Å²) in [6.07, 6.45) is 1.10. The van der Waals surface area contributed by atoms with Crippen molar-refractivity contribution in [1.82, 2.24) is 5.32 Å². The van der Waals surface area contributed by atoms with E-state index >= 15 is 0 Å². The minimum Gasteiger partial charge on any atom is -0.493 e. The zero-order valence-electron chi connectivity index (χ0n) is 10.7. The molecule has 0 aromatic heterocycles. The summed E-state index contributed by atoms with van der Waals surface area (Å²) < 4.78 is 10.4. The zero-order valence-corrected chi connectivity index (χ0v) is 11.4. The van der Waals surface area contributed by atoms with Crippen molar-refractivity contribution in [2.24, 2.45) is 0 Å². The molecule has 0 bridgehead atoms. The average Bonchev–Trinajstić information content (AvgIpc) is 2.42. The fraction of sp³-hybridized carbons (Fsp3) is 0.462. The molecule has 0 radical (unpaired) electrons. The number of hydrogen-bond donors (Lipinski definition) is 1. The van der Waals surface area contributed by atoms with Crippen LogP contribution in [0.2, 0.25) is 0 Å². The van der Waals surface area contributed by atoms with E-state index in [1.807, 2.05) is 18.2 Å². The largest absolute Gasteiger partial charge is 0.493 e. The number of hydrogen-bond acceptors (Lipinski definition) is 3. The lowest BCUT2D eigenvalue weighted by atomic mass is 10.1. The van der Waals surface area contributed by atoms with Crippen molar-refractivity contribution in [3.05, 3.63) is 23.8 Å². The number of amides is 1. The molecular formula is C13H18ClNO3. The van der Waals surface area contributed by atoms with Crippen molar-refractivity contribution in [3.8, 4) is 11.5 Å². The normalized spacial score (nSPS) is 9.94. The average molecular weight is 272 g/mol. The maximum Gasteiger partial charge on any atom is 0.220 e. The topological polar surface area (TPSA) is 47.6 Å². The number of carbonyl (C=O) groups is 1. The van der Waals surface area contributed by atoms with Gasteiger partial charge in [0.2, 0.25) is 5.91 Å². The van der Waals surface area contributed by atoms with E-state index in [1.165, 1.54) is 0 Å². The molecule has 0 saturated carbocycles. The second-order valence-electron chi connectivity index (χ2n) is 3.73. The summed E-state index contributed by atoms with van der Waals surface area (Å²) >= 11 is 5.49. The van der Waals surface area contributed by atoms with Crippen molar-refractivity contribution in [2.45, 2.75) is 12.8 Å². The molecule has 0 unspecified atom stereocenters. The highest BCUT2D eigenvalue weighted by Gasteiger charge is 2.06. The summed E-state index contributed by atoms with van der Waals surface area (Å²) in [6.45, 7) is 0.506. The Morgan fingerprint density at radius 1 is 1.28 bits per heavy atom. The van der Waals surface area contributed by atoms with E-state index < -0.39 is 0 Å². The van der Waals surface area contributed by atoms with Gasteiger partial charge < -0.3 is 14.8 Å². The number of benzene rings is 1. The molecule has 0 atom stereocenters. The Bertz CT molecular complexity index is 396. The molecule has 0 aliphatic rings. The van der Waals surface area contributed by atoms with E-state index in [1.54, 1.807) is 14.2 Å². The number of rotatable bonds is 7. The third-order valence-electron chi connectivity index (χ3n) is 2.51. The Kier molecular flexibility index (Phi) is 6.36. The standard InChI is InChI=1S/C13H18ClNO3/c1-17-11-5-3-10(9-12(11)18-2)4-6-13(16)15-8-7-14/h3,5,9H,4,6-8H2,1-2H3,(H,15,16). The Morgan fingerprint density at radius 2 is 2.00 bits per heavy atom. The number of carbonyl (C=O) groups excluding carboxylic acids is 1. The van der Waals surface area contributed by atoms with Gasteiger partial charge in [0.05, 0.1) is 14.2 Å². The third kappa shape index (κ3) is 4.45. The number of nitrogens with one attached hydrogen (secondary N) is 1. The number of aryl methyl sites for hydroxylation is 1. The summed E-state index contributed by atoms with van der Waals surface area (Å²) in [5.74, 6) is 1.80. The number of halogens is 1. The van der Waals surface area contributed by atoms with Crippen LogP contribution in [0.4, 0.5) is 0 Å². The maximum absolute atomic E-state index is 11.4. The van der Waals surface area contributed by atoms with Gasteiger partial charge in [-0.1, -0.05) is 6.07 Å². The quantitative estimate of drug-likeness (QED) is 0.772. The van der Waals surface area contributed by atoms with Gasteiger partial charge in [-0.3, -0.25) is 4.79 Å². The molecule has 100 valence electrons. The van der Waals surface area contributed by atoms with E-state index in [0.29, 0.717) is 36.8 Å². The highest BCUT2D eigenvalue weighted by molar-refractivity contribution is 6.18. The van der Waals surface area contributed by atoms with Crippen LogP contribution >= 0.6 is 11.6 Å². The molecule has 0 aliphatic carbocycles. The molecule has 0 saturated heterocycles. The minimum atomic E-state index is 0.00503. The minimum absolute atomic E-state index is 0.00503. The van der Waals surface area contributed by atoms with Crippen molar-refractivity contribution in [3.63, 3.8) is 0 Å². The van der Waals surface area contributed by atoms with Gasteiger partial charge in [0.15, 0.2) is 11.5 Å². The van der Waals surface area contributed by atoms with Crippen LogP contribution in [0.25, 0.3) is 0 Å². The summed E-state index contributed by atoms with van der Waals surface area (Å²) in [5.41, 5.74) is 1.04. The Morgan fingerprint density at radius 3 is 2.61 bits per heavy atom. The highest BCUT2D eigenvalue weighted by Crippen LogP contribution is 2.27. The van der Waals surface area contributed by atoms with Crippen LogP contribution in [0.3, 0.4) is 0 Å². The second kappa shape index (κ2) is 7.82. The Balaban J connectivity index is 2.55. The smallest absolute Gasteiger partial charge is 0.220 e. The van der Waals surface area contributed by atoms with Gasteiger partial charge in [-0.15, -0.1) is 11.6 Å². The first-order chi connectivity index (χ1) is 8.71. The molecule has 5 heteroatoms. The van der Waals surface area contributed by atoms with Crippen molar-refractivity contribution >= 4 is 17.5 Å². The van der Waals surface area contributed by atoms with E-state index in [-0.39, 0.29) is 5.91 Å². The molecule has 0 aliphatic heterocycles. The molecule has 0 heterocycles. The predicted octanol–water partition coefficient (Wildman–Crippen LogP) is 1.99. The first-order valence-electron chi connectivity index (χ1n) is 5.74. The number of ether oxygens (including phenoxy) is 2. The fourth-order valence-electron chi connectivity index (χ4n) is 1.57. The number of alkyl halides is 1. The van der Waals surface area contributed by atoms with Crippen LogP contribution in [0.1, 0.15) is 12.0 Å². The van der Waals surface area contributed by atoms with Gasteiger partial charge in [-0.05, 0) is 24.1 Å². The van der Waals surface area contributed by atoms with Crippen molar-refractivity contribution < 1.29 is 14.3 Å². The lowest BCUT2D eigenvalue weighted by Gasteiger charge is -2.09. The molecule has 1 N–H and O–H groups in total. The molecule has 4 nitrogen and oxygen atoms in total. The van der Waals surface area contributed by atoms with Crippen LogP contribution in [0.5, 0.6) is 11.5 Å². The SMILES string of the molecule is COc1ccc(CCC(=O)NCCCl)cc1OC. The van der Waals surface area contributed by atoms with Crippen LogP contribution < -0.4 is 14.8 Å². The molecule has 1 aromatic carbocycles. The maximum atomic E-state index is 11.4. The van der Waals surface area contributed by atoms with Crippen molar-refractivity contribution in [1.29, 1.82) is 0 Å². The number of methoxy groups -OCH3 is 2. The molecule has 0 spiro atoms. The Hall–Kier alpha value is -1.42. The van der Waals surface area contributed by atoms with Gasteiger partial charge in [-0.25, -0.2) is 0 Å². The summed E-state index contributed by atoms with van der Waals surface area (Å²) in [7, 11) is 3.19. The summed E-state index contributed by atoms with van der Waals surface area (Å²) in [4.78, 5) is 11.4. The van der Waals surface area contributed by atoms with Crippen LogP contribution in [-0.4, -0.2) is 32.6 Å². The molecule has 1 amide bonds. The van der Waals surface area contributed by atoms with Gasteiger partial charge >= 0.3 is 0 Å². The monoisotopic (exact) mass is 271 g/mol. The molecular weight excluding hydrogens is 254 g/mol. The van der Waals surface area contributed by atoms with E-state index in [0.717, 1.165) is 5.56 Å². The van der Waals surface area contributed by atoms with Gasteiger partial charge in [0.25, 0.3) is 0 Å². The molecule has 0 fully saturated rings. The van der Waals surface area contributed by atoms with Crippen LogP contribution in [0, 0.1) is 0 Å². The van der Waals surface area contributed by atoms with Gasteiger partial charge in [0, 0.05) is 18.8 Å². The second-order valence-corrected chi connectivity index (χ2v) is 4.11. The molecule has 18 heavy (non-hydrogen) atoms. The first kappa shape index (κ1) is 14.6. The first-order valence-corrected chi connectivity index (χ1v) is 6.28. The fourth-order valence-corrected chi connectivity index (χ4v) is 1.66. The third-order valence-corrected chi connectivity index (χ3v) is 2.69. The lowest BCUT2D eigenvalue weighted by Crippen LogP contribution is -2.25. The van der Waals surface area contributed by atoms with Crippen LogP contribution in [0.15, 0.2) is 18.2 Å². The van der Waals surface area contributed by atoms with Crippen LogP contribution in [-0.2, 0) is 11.2 Å². The van der Waals surface area contributed by atoms with E-state index in [4.69, 9.17) is 21.1 Å². The van der Waals surface area contributed by atoms with E-state index in [9.17, 15) is 4.79 Å².